The maximum Gasteiger partial charge on any atom is 0.243 e. The Kier molecular flexibility index (Phi) is 11.2. The minimum Gasteiger partial charge on any atom is -0.353 e. The molecule has 0 aliphatic heterocycles. The summed E-state index contributed by atoms with van der Waals surface area (Å²) in [5.41, 5.74) is 2.30. The Balaban J connectivity index is 1.75. The first-order valence-electron chi connectivity index (χ1n) is 11.6. The number of amides is 1. The number of hydrogen-bond acceptors (Lipinski definition) is 2. The standard InChI is InChI=1S/C25H39N3O/c1-3-5-6-7-8-9-10-11-12-15-21-28-23-18-14-13-17-22(23)27-24(28)19-16-20-26-25(29)4-2/h4,13-14,17-18H,2-3,5-12,15-16,19-21H2,1H3,(H,26,29). The average Bonchev–Trinajstić information content (AvgIpc) is 3.09. The lowest BCUT2D eigenvalue weighted by atomic mass is 10.1. The molecule has 0 aliphatic carbocycles. The van der Waals surface area contributed by atoms with Crippen LogP contribution in [0.4, 0.5) is 0 Å². The van der Waals surface area contributed by atoms with Crippen molar-refractivity contribution in [3.05, 3.63) is 42.7 Å². The summed E-state index contributed by atoms with van der Waals surface area (Å²) in [6, 6.07) is 8.40. The first-order valence-corrected chi connectivity index (χ1v) is 11.6. The van der Waals surface area contributed by atoms with Crippen LogP contribution in [-0.4, -0.2) is 22.0 Å². The van der Waals surface area contributed by atoms with Crippen LogP contribution < -0.4 is 5.32 Å². The van der Waals surface area contributed by atoms with Gasteiger partial charge in [-0.05, 0) is 31.1 Å². The molecular weight excluding hydrogens is 358 g/mol. The van der Waals surface area contributed by atoms with E-state index in [1.54, 1.807) is 0 Å². The lowest BCUT2D eigenvalue weighted by Gasteiger charge is -2.10. The van der Waals surface area contributed by atoms with E-state index in [4.69, 9.17) is 4.98 Å². The van der Waals surface area contributed by atoms with Crippen molar-refractivity contribution >= 4 is 16.9 Å². The van der Waals surface area contributed by atoms with E-state index < -0.39 is 0 Å². The van der Waals surface area contributed by atoms with Gasteiger partial charge in [0.1, 0.15) is 5.82 Å². The Hall–Kier alpha value is -2.10. The number of nitrogens with zero attached hydrogens (tertiary/aromatic N) is 2. The van der Waals surface area contributed by atoms with E-state index >= 15 is 0 Å². The number of nitrogens with one attached hydrogen (secondary N) is 1. The monoisotopic (exact) mass is 397 g/mol. The van der Waals surface area contributed by atoms with Gasteiger partial charge in [0.2, 0.25) is 5.91 Å². The minimum atomic E-state index is -0.108. The van der Waals surface area contributed by atoms with Crippen LogP contribution in [-0.2, 0) is 17.8 Å². The third kappa shape index (κ3) is 8.43. The van der Waals surface area contributed by atoms with Gasteiger partial charge >= 0.3 is 0 Å². The van der Waals surface area contributed by atoms with Gasteiger partial charge in [0, 0.05) is 19.5 Å². The largest absolute Gasteiger partial charge is 0.353 e. The maximum atomic E-state index is 11.3. The predicted octanol–water partition coefficient (Wildman–Crippen LogP) is 6.19. The van der Waals surface area contributed by atoms with Crippen LogP contribution in [0, 0.1) is 0 Å². The molecule has 2 rings (SSSR count). The number of carbonyl (C=O) groups excluding carboxylic acids is 1. The molecular formula is C25H39N3O. The summed E-state index contributed by atoms with van der Waals surface area (Å²) >= 11 is 0. The highest BCUT2D eigenvalue weighted by atomic mass is 16.1. The van der Waals surface area contributed by atoms with E-state index in [0.717, 1.165) is 30.7 Å². The number of imidazole rings is 1. The van der Waals surface area contributed by atoms with Crippen LogP contribution in [0.25, 0.3) is 11.0 Å². The number of unbranched alkanes of at least 4 members (excludes halogenated alkanes) is 9. The predicted molar refractivity (Wildman–Crippen MR) is 123 cm³/mol. The Morgan fingerprint density at radius 2 is 1.66 bits per heavy atom. The average molecular weight is 398 g/mol. The van der Waals surface area contributed by atoms with Gasteiger partial charge in [-0.1, -0.05) is 83.4 Å². The minimum absolute atomic E-state index is 0.108. The van der Waals surface area contributed by atoms with E-state index in [1.165, 1.54) is 75.8 Å². The summed E-state index contributed by atoms with van der Waals surface area (Å²) in [5.74, 6) is 1.03. The summed E-state index contributed by atoms with van der Waals surface area (Å²) in [4.78, 5) is 16.1. The summed E-state index contributed by atoms with van der Waals surface area (Å²) in [6.07, 6.45) is 16.6. The zero-order valence-electron chi connectivity index (χ0n) is 18.3. The highest BCUT2D eigenvalue weighted by Crippen LogP contribution is 2.19. The van der Waals surface area contributed by atoms with Gasteiger partial charge in [0.15, 0.2) is 0 Å². The zero-order chi connectivity index (χ0) is 20.7. The fraction of sp³-hybridized carbons (Fsp3) is 0.600. The third-order valence-corrected chi connectivity index (χ3v) is 5.53. The molecule has 0 saturated carbocycles. The van der Waals surface area contributed by atoms with Crippen molar-refractivity contribution in [3.63, 3.8) is 0 Å². The summed E-state index contributed by atoms with van der Waals surface area (Å²) < 4.78 is 2.38. The third-order valence-electron chi connectivity index (χ3n) is 5.53. The van der Waals surface area contributed by atoms with Gasteiger partial charge in [0.05, 0.1) is 11.0 Å². The highest BCUT2D eigenvalue weighted by molar-refractivity contribution is 5.86. The number of fused-ring (bicyclic) bond motifs is 1. The van der Waals surface area contributed by atoms with E-state index in [-0.39, 0.29) is 5.91 Å². The topological polar surface area (TPSA) is 46.9 Å². The molecule has 160 valence electrons. The first-order chi connectivity index (χ1) is 14.3. The molecule has 0 unspecified atom stereocenters. The van der Waals surface area contributed by atoms with Gasteiger partial charge < -0.3 is 9.88 Å². The second-order valence-electron chi connectivity index (χ2n) is 7.95. The number of benzene rings is 1. The van der Waals surface area contributed by atoms with Crippen LogP contribution in [0.5, 0.6) is 0 Å². The molecule has 0 atom stereocenters. The number of aryl methyl sites for hydroxylation is 2. The summed E-state index contributed by atoms with van der Waals surface area (Å²) in [7, 11) is 0. The molecule has 29 heavy (non-hydrogen) atoms. The summed E-state index contributed by atoms with van der Waals surface area (Å²) in [5, 5.41) is 2.85. The first kappa shape index (κ1) is 23.2. The second-order valence-corrected chi connectivity index (χ2v) is 7.95. The van der Waals surface area contributed by atoms with Crippen LogP contribution in [0.3, 0.4) is 0 Å². The molecule has 4 nitrogen and oxygen atoms in total. The molecule has 0 aliphatic rings. The van der Waals surface area contributed by atoms with Crippen molar-refractivity contribution in [2.24, 2.45) is 0 Å². The Morgan fingerprint density at radius 1 is 1.00 bits per heavy atom. The van der Waals surface area contributed by atoms with Crippen molar-refractivity contribution in [1.82, 2.24) is 14.9 Å². The molecule has 0 bridgehead atoms. The van der Waals surface area contributed by atoms with Gasteiger partial charge in [-0.15, -0.1) is 0 Å². The number of hydrogen-bond donors (Lipinski definition) is 1. The number of para-hydroxylation sites is 2. The molecule has 1 heterocycles. The van der Waals surface area contributed by atoms with Crippen LogP contribution in [0.2, 0.25) is 0 Å². The number of carbonyl (C=O) groups is 1. The van der Waals surface area contributed by atoms with Gasteiger partial charge in [0.25, 0.3) is 0 Å². The number of rotatable bonds is 16. The highest BCUT2D eigenvalue weighted by Gasteiger charge is 2.10. The molecule has 2 aromatic rings. The zero-order valence-corrected chi connectivity index (χ0v) is 18.3. The molecule has 0 spiro atoms. The quantitative estimate of drug-likeness (QED) is 0.271. The second kappa shape index (κ2) is 14.0. The van der Waals surface area contributed by atoms with Gasteiger partial charge in [-0.3, -0.25) is 4.79 Å². The maximum absolute atomic E-state index is 11.3. The van der Waals surface area contributed by atoms with Crippen molar-refractivity contribution in [2.45, 2.75) is 90.5 Å². The SMILES string of the molecule is C=CC(=O)NCCCc1nc2ccccc2n1CCCCCCCCCCCC. The molecule has 4 heteroatoms. The normalized spacial score (nSPS) is 11.1. The summed E-state index contributed by atoms with van der Waals surface area (Å²) in [6.45, 7) is 7.45. The van der Waals surface area contributed by atoms with Crippen LogP contribution in [0.1, 0.15) is 83.4 Å². The Labute approximate surface area is 176 Å². The van der Waals surface area contributed by atoms with Crippen molar-refractivity contribution in [2.75, 3.05) is 6.54 Å². The van der Waals surface area contributed by atoms with Crippen molar-refractivity contribution in [3.8, 4) is 0 Å². The number of aromatic nitrogens is 2. The van der Waals surface area contributed by atoms with E-state index in [2.05, 4.69) is 41.6 Å². The van der Waals surface area contributed by atoms with Crippen molar-refractivity contribution in [1.29, 1.82) is 0 Å². The molecule has 1 amide bonds. The Morgan fingerprint density at radius 3 is 2.34 bits per heavy atom. The van der Waals surface area contributed by atoms with Gasteiger partial charge in [-0.2, -0.15) is 0 Å². The fourth-order valence-electron chi connectivity index (χ4n) is 3.85. The van der Waals surface area contributed by atoms with E-state index in [1.807, 2.05) is 6.07 Å². The lowest BCUT2D eigenvalue weighted by molar-refractivity contribution is -0.116. The fourth-order valence-corrected chi connectivity index (χ4v) is 3.85. The van der Waals surface area contributed by atoms with E-state index in [9.17, 15) is 4.79 Å². The molecule has 0 fully saturated rings. The molecule has 1 aromatic heterocycles. The Bertz CT molecular complexity index is 735. The molecule has 0 saturated heterocycles. The molecule has 0 radical (unpaired) electrons. The molecule has 1 aromatic carbocycles. The lowest BCUT2D eigenvalue weighted by Crippen LogP contribution is -2.22. The van der Waals surface area contributed by atoms with E-state index in [0.29, 0.717) is 6.54 Å². The van der Waals surface area contributed by atoms with Crippen LogP contribution in [0.15, 0.2) is 36.9 Å². The van der Waals surface area contributed by atoms with Crippen molar-refractivity contribution < 1.29 is 4.79 Å². The molecule has 1 N–H and O–H groups in total. The van der Waals surface area contributed by atoms with Gasteiger partial charge in [-0.25, -0.2) is 4.98 Å². The van der Waals surface area contributed by atoms with Crippen LogP contribution >= 0.6 is 0 Å². The smallest absolute Gasteiger partial charge is 0.243 e.